The van der Waals surface area contributed by atoms with Crippen molar-refractivity contribution >= 4 is 35.0 Å². The van der Waals surface area contributed by atoms with Crippen molar-refractivity contribution in [3.63, 3.8) is 0 Å². The van der Waals surface area contributed by atoms with E-state index in [0.29, 0.717) is 18.9 Å². The largest absolute Gasteiger partial charge is 0.465 e. The van der Waals surface area contributed by atoms with E-state index >= 15 is 0 Å². The van der Waals surface area contributed by atoms with Crippen LogP contribution in [0.1, 0.15) is 88.1 Å². The van der Waals surface area contributed by atoms with Gasteiger partial charge in [-0.3, -0.25) is 14.5 Å². The second-order valence-electron chi connectivity index (χ2n) is 14.7. The van der Waals surface area contributed by atoms with Gasteiger partial charge >= 0.3 is 12.2 Å². The number of methoxy groups -OCH3 is 1. The molecule has 2 aromatic heterocycles. The molecule has 2 aliphatic rings. The molecule has 0 aliphatic carbocycles. The number of ether oxygens (including phenoxy) is 1. The summed E-state index contributed by atoms with van der Waals surface area (Å²) in [5.41, 5.74) is 5.56. The standard InChI is InChI=1S/C40H48N8O6/c1-23(2)32(45-39(51)54-6)37(49)48-19-9-13-31(48)36-43-28-17-16-26(21-29(28)44-36)15-14-25-10-7-11-27(20-25)33-34(42-22-41-33)30-12-8-18-47(30)38(50)35(24(3)4)46(5)40(52)53/h7,10-11,16-17,20-24,30-32,35H,8-9,12-13,18-19H2,1-6H3,(H,41,42)(H,43,44)(H,45,51)(H,52,53)/t30-,31-,32+,35-/m0/s1. The minimum absolute atomic E-state index is 0.123. The molecular formula is C40H48N8O6. The van der Waals surface area contributed by atoms with E-state index in [2.05, 4.69) is 32.1 Å². The molecule has 2 fully saturated rings. The SMILES string of the molecule is COC(=O)N[C@@H](C(=O)N1CCC[C@H]1c1nc2cc(C#Cc3cccc(-c4[nH]cnc4[C@@H]4CCCN4C(=O)[C@H](C(C)C)N(C)C(=O)O)c3)ccc2[nH]1)C(C)C. The molecule has 14 nitrogen and oxygen atoms in total. The van der Waals surface area contributed by atoms with Crippen LogP contribution in [0.15, 0.2) is 48.8 Å². The number of amides is 4. The number of nitrogens with one attached hydrogen (secondary N) is 3. The van der Waals surface area contributed by atoms with Gasteiger partial charge in [-0.05, 0) is 67.9 Å². The van der Waals surface area contributed by atoms with Crippen LogP contribution in [0.3, 0.4) is 0 Å². The number of hydrogen-bond acceptors (Lipinski definition) is 7. The van der Waals surface area contributed by atoms with E-state index in [9.17, 15) is 24.3 Å². The Morgan fingerprint density at radius 3 is 2.30 bits per heavy atom. The van der Waals surface area contributed by atoms with Crippen LogP contribution in [0, 0.1) is 23.7 Å². The van der Waals surface area contributed by atoms with E-state index in [1.165, 1.54) is 14.2 Å². The number of aromatic amines is 2. The third kappa shape index (κ3) is 7.76. The summed E-state index contributed by atoms with van der Waals surface area (Å²) in [5.74, 6) is 6.54. The minimum atomic E-state index is -1.14. The van der Waals surface area contributed by atoms with Crippen molar-refractivity contribution in [2.75, 3.05) is 27.2 Å². The van der Waals surface area contributed by atoms with E-state index in [1.54, 1.807) is 16.1 Å². The maximum absolute atomic E-state index is 13.8. The molecule has 4 aromatic rings. The van der Waals surface area contributed by atoms with Gasteiger partial charge in [0.25, 0.3) is 0 Å². The van der Waals surface area contributed by atoms with E-state index in [4.69, 9.17) is 9.72 Å². The highest BCUT2D eigenvalue weighted by Gasteiger charge is 2.40. The van der Waals surface area contributed by atoms with Crippen LogP contribution in [-0.4, -0.2) is 103 Å². The fourth-order valence-corrected chi connectivity index (χ4v) is 7.64. The maximum atomic E-state index is 13.8. The lowest BCUT2D eigenvalue weighted by atomic mass is 9.99. The quantitative estimate of drug-likeness (QED) is 0.158. The van der Waals surface area contributed by atoms with Crippen molar-refractivity contribution in [2.45, 2.75) is 77.5 Å². The number of aromatic nitrogens is 4. The average Bonchev–Trinajstić information content (AvgIpc) is 3.98. The van der Waals surface area contributed by atoms with Gasteiger partial charge in [-0.2, -0.15) is 0 Å². The molecule has 0 radical (unpaired) electrons. The molecule has 54 heavy (non-hydrogen) atoms. The Kier molecular flexibility index (Phi) is 11.3. The fourth-order valence-electron chi connectivity index (χ4n) is 7.64. The number of H-pyrrole nitrogens is 2. The van der Waals surface area contributed by atoms with Gasteiger partial charge in [0.2, 0.25) is 11.8 Å². The van der Waals surface area contributed by atoms with E-state index in [0.717, 1.165) is 69.7 Å². The first-order valence-corrected chi connectivity index (χ1v) is 18.4. The molecule has 2 aromatic carbocycles. The molecule has 0 spiro atoms. The zero-order chi connectivity index (χ0) is 38.7. The number of imidazole rings is 2. The molecule has 4 atom stereocenters. The van der Waals surface area contributed by atoms with Crippen LogP contribution >= 0.6 is 0 Å². The molecule has 4 amide bonds. The number of rotatable bonds is 9. The van der Waals surface area contributed by atoms with Crippen molar-refractivity contribution in [3.05, 3.63) is 71.4 Å². The molecule has 4 N–H and O–H groups in total. The van der Waals surface area contributed by atoms with E-state index < -0.39 is 24.3 Å². The number of carbonyl (C=O) groups excluding carboxylic acids is 3. The zero-order valence-corrected chi connectivity index (χ0v) is 31.6. The van der Waals surface area contributed by atoms with Gasteiger partial charge in [-0.15, -0.1) is 0 Å². The predicted molar refractivity (Wildman–Crippen MR) is 202 cm³/mol. The second-order valence-corrected chi connectivity index (χ2v) is 14.7. The first-order valence-electron chi connectivity index (χ1n) is 18.4. The van der Waals surface area contributed by atoms with Crippen molar-refractivity contribution < 1.29 is 29.0 Å². The molecule has 6 rings (SSSR count). The van der Waals surface area contributed by atoms with Gasteiger partial charge in [0.15, 0.2) is 0 Å². The number of alkyl carbamates (subject to hydrolysis) is 1. The molecule has 14 heteroatoms. The van der Waals surface area contributed by atoms with Crippen molar-refractivity contribution in [3.8, 4) is 23.1 Å². The lowest BCUT2D eigenvalue weighted by Gasteiger charge is -2.34. The first-order chi connectivity index (χ1) is 25.9. The highest BCUT2D eigenvalue weighted by molar-refractivity contribution is 5.87. The number of likely N-dealkylation sites (N-methyl/N-ethyl adjacent to an activating group) is 1. The number of likely N-dealkylation sites (tertiary alicyclic amines) is 2. The summed E-state index contributed by atoms with van der Waals surface area (Å²) in [7, 11) is 2.72. The second kappa shape index (κ2) is 16.0. The monoisotopic (exact) mass is 736 g/mol. The van der Waals surface area contributed by atoms with Gasteiger partial charge in [-0.25, -0.2) is 19.6 Å². The van der Waals surface area contributed by atoms with Gasteiger partial charge in [0, 0.05) is 36.8 Å². The average molecular weight is 737 g/mol. The summed E-state index contributed by atoms with van der Waals surface area (Å²) >= 11 is 0. The summed E-state index contributed by atoms with van der Waals surface area (Å²) in [6.45, 7) is 8.59. The van der Waals surface area contributed by atoms with Gasteiger partial charge in [0.1, 0.15) is 17.9 Å². The third-order valence-corrected chi connectivity index (χ3v) is 10.4. The number of hydrogen-bond donors (Lipinski definition) is 4. The predicted octanol–water partition coefficient (Wildman–Crippen LogP) is 5.69. The summed E-state index contributed by atoms with van der Waals surface area (Å²) in [6, 6.07) is 11.6. The highest BCUT2D eigenvalue weighted by Crippen LogP contribution is 2.37. The number of carboxylic acid groups (broad SMARTS) is 1. The van der Waals surface area contributed by atoms with Crippen LogP contribution in [0.4, 0.5) is 9.59 Å². The number of fused-ring (bicyclic) bond motifs is 1. The minimum Gasteiger partial charge on any atom is -0.465 e. The number of benzene rings is 2. The third-order valence-electron chi connectivity index (χ3n) is 10.4. The smallest absolute Gasteiger partial charge is 0.407 e. The Labute approximate surface area is 314 Å². The Morgan fingerprint density at radius 2 is 1.63 bits per heavy atom. The first kappa shape index (κ1) is 37.9. The molecule has 0 bridgehead atoms. The van der Waals surface area contributed by atoms with Crippen LogP contribution in [0.5, 0.6) is 0 Å². The van der Waals surface area contributed by atoms with E-state index in [-0.39, 0.29) is 35.7 Å². The van der Waals surface area contributed by atoms with Crippen LogP contribution < -0.4 is 5.32 Å². The van der Waals surface area contributed by atoms with Crippen LogP contribution in [0.25, 0.3) is 22.3 Å². The van der Waals surface area contributed by atoms with Crippen molar-refractivity contribution in [2.24, 2.45) is 11.8 Å². The molecule has 0 saturated carbocycles. The van der Waals surface area contributed by atoms with Gasteiger partial charge in [-0.1, -0.05) is 51.7 Å². The van der Waals surface area contributed by atoms with Gasteiger partial charge in [0.05, 0.1) is 47.9 Å². The topological polar surface area (TPSA) is 177 Å². The molecule has 2 saturated heterocycles. The highest BCUT2D eigenvalue weighted by atomic mass is 16.5. The van der Waals surface area contributed by atoms with Gasteiger partial charge < -0.3 is 34.9 Å². The Morgan fingerprint density at radius 1 is 0.944 bits per heavy atom. The summed E-state index contributed by atoms with van der Waals surface area (Å²) in [5, 5.41) is 12.3. The Balaban J connectivity index is 1.20. The van der Waals surface area contributed by atoms with Crippen LogP contribution in [0.2, 0.25) is 0 Å². The van der Waals surface area contributed by atoms with E-state index in [1.807, 2.05) is 70.2 Å². The molecule has 284 valence electrons. The number of carbonyl (C=O) groups is 4. The van der Waals surface area contributed by atoms with Crippen molar-refractivity contribution in [1.82, 2.24) is 40.0 Å². The summed E-state index contributed by atoms with van der Waals surface area (Å²) in [6.07, 6.45) is 2.95. The normalized spacial score (nSPS) is 18.1. The Hall–Kier alpha value is -5.84. The molecule has 0 unspecified atom stereocenters. The summed E-state index contributed by atoms with van der Waals surface area (Å²) < 4.78 is 4.75. The lowest BCUT2D eigenvalue weighted by Crippen LogP contribution is -2.51. The molecular weight excluding hydrogens is 688 g/mol. The van der Waals surface area contributed by atoms with Crippen LogP contribution in [-0.2, 0) is 14.3 Å². The zero-order valence-electron chi connectivity index (χ0n) is 31.6. The number of nitrogens with zero attached hydrogens (tertiary/aromatic N) is 5. The lowest BCUT2D eigenvalue weighted by molar-refractivity contribution is -0.138. The maximum Gasteiger partial charge on any atom is 0.407 e. The van der Waals surface area contributed by atoms with Crippen molar-refractivity contribution in [1.29, 1.82) is 0 Å². The molecule has 4 heterocycles. The summed E-state index contributed by atoms with van der Waals surface area (Å²) in [4.78, 5) is 72.0. The Bertz CT molecular complexity index is 2090. The fraction of sp³-hybridized carbons (Fsp3) is 0.450. The molecule has 2 aliphatic heterocycles.